The molecule has 1 fully saturated rings. The summed E-state index contributed by atoms with van der Waals surface area (Å²) in [5.41, 5.74) is 2.91. The third kappa shape index (κ3) is 4.17. The van der Waals surface area contributed by atoms with Gasteiger partial charge in [-0.2, -0.15) is 0 Å². The van der Waals surface area contributed by atoms with Crippen LogP contribution >= 0.6 is 0 Å². The van der Waals surface area contributed by atoms with Gasteiger partial charge in [0.15, 0.2) is 0 Å². The Hall–Kier alpha value is -2.95. The van der Waals surface area contributed by atoms with E-state index in [0.29, 0.717) is 29.8 Å². The van der Waals surface area contributed by atoms with Crippen LogP contribution in [0.5, 0.6) is 0 Å². The number of carbonyl (C=O) groups is 3. The van der Waals surface area contributed by atoms with Gasteiger partial charge in [-0.15, -0.1) is 0 Å². The first-order valence-electron chi connectivity index (χ1n) is 8.79. The van der Waals surface area contributed by atoms with E-state index in [-0.39, 0.29) is 17.9 Å². The van der Waals surface area contributed by atoms with Crippen molar-refractivity contribution in [1.29, 1.82) is 0 Å². The van der Waals surface area contributed by atoms with Crippen molar-refractivity contribution >= 4 is 18.1 Å². The molecule has 0 atom stereocenters. The molecule has 1 saturated heterocycles. The number of aldehydes is 1. The van der Waals surface area contributed by atoms with Gasteiger partial charge in [0.2, 0.25) is 0 Å². The fourth-order valence-corrected chi connectivity index (χ4v) is 3.09. The number of likely N-dealkylation sites (tertiary alicyclic amines) is 1. The summed E-state index contributed by atoms with van der Waals surface area (Å²) in [5, 5.41) is 3.01. The molecule has 1 heterocycles. The molecule has 2 aromatic rings. The summed E-state index contributed by atoms with van der Waals surface area (Å²) >= 11 is 0. The van der Waals surface area contributed by atoms with Crippen LogP contribution in [0.2, 0.25) is 0 Å². The van der Waals surface area contributed by atoms with Crippen LogP contribution in [0, 0.1) is 6.92 Å². The van der Waals surface area contributed by atoms with E-state index >= 15 is 0 Å². The zero-order chi connectivity index (χ0) is 18.5. The molecule has 1 aliphatic heterocycles. The Labute approximate surface area is 153 Å². The summed E-state index contributed by atoms with van der Waals surface area (Å²) < 4.78 is 0. The van der Waals surface area contributed by atoms with Gasteiger partial charge in [0.1, 0.15) is 6.29 Å². The molecular weight excluding hydrogens is 328 g/mol. The van der Waals surface area contributed by atoms with Gasteiger partial charge >= 0.3 is 0 Å². The Morgan fingerprint density at radius 3 is 2.12 bits per heavy atom. The molecule has 0 aliphatic carbocycles. The standard InChI is InChI=1S/C21H22N2O3/c1-15-2-6-18(7-3-15)21(26)23-12-10-19(11-13-23)22-20(25)17-8-4-16(14-24)5-9-17/h2-9,14,19H,10-13H2,1H3,(H,22,25). The molecule has 0 aromatic heterocycles. The highest BCUT2D eigenvalue weighted by Gasteiger charge is 2.24. The second-order valence-corrected chi connectivity index (χ2v) is 6.65. The molecule has 0 radical (unpaired) electrons. The molecule has 1 aliphatic rings. The smallest absolute Gasteiger partial charge is 0.253 e. The SMILES string of the molecule is Cc1ccc(C(=O)N2CCC(NC(=O)c3ccc(C=O)cc3)CC2)cc1. The summed E-state index contributed by atoms with van der Waals surface area (Å²) in [4.78, 5) is 37.3. The number of aryl methyl sites for hydroxylation is 1. The molecule has 1 N–H and O–H groups in total. The van der Waals surface area contributed by atoms with Gasteiger partial charge in [-0.05, 0) is 44.0 Å². The van der Waals surface area contributed by atoms with Crippen molar-refractivity contribution in [3.63, 3.8) is 0 Å². The lowest BCUT2D eigenvalue weighted by atomic mass is 10.0. The third-order valence-corrected chi connectivity index (χ3v) is 4.72. The summed E-state index contributed by atoms with van der Waals surface area (Å²) in [5.74, 6) is -0.106. The summed E-state index contributed by atoms with van der Waals surface area (Å²) in [6.07, 6.45) is 2.22. The lowest BCUT2D eigenvalue weighted by Crippen LogP contribution is -2.46. The minimum Gasteiger partial charge on any atom is -0.349 e. The van der Waals surface area contributed by atoms with Crippen LogP contribution in [-0.2, 0) is 0 Å². The van der Waals surface area contributed by atoms with Crippen molar-refractivity contribution < 1.29 is 14.4 Å². The van der Waals surface area contributed by atoms with Crippen molar-refractivity contribution in [2.45, 2.75) is 25.8 Å². The van der Waals surface area contributed by atoms with E-state index in [1.807, 2.05) is 36.1 Å². The summed E-state index contributed by atoms with van der Waals surface area (Å²) in [6, 6.07) is 14.2. The first kappa shape index (κ1) is 17.9. The molecule has 5 heteroatoms. The zero-order valence-corrected chi connectivity index (χ0v) is 14.8. The number of benzene rings is 2. The Kier molecular flexibility index (Phi) is 5.46. The minimum absolute atomic E-state index is 0.0410. The Bertz CT molecular complexity index is 789. The molecule has 0 bridgehead atoms. The van der Waals surface area contributed by atoms with Crippen molar-refractivity contribution in [1.82, 2.24) is 10.2 Å². The number of hydrogen-bond donors (Lipinski definition) is 1. The predicted molar refractivity (Wildman–Crippen MR) is 99.4 cm³/mol. The van der Waals surface area contributed by atoms with Gasteiger partial charge < -0.3 is 10.2 Å². The van der Waals surface area contributed by atoms with Crippen LogP contribution in [0.4, 0.5) is 0 Å². The van der Waals surface area contributed by atoms with E-state index in [1.54, 1.807) is 24.3 Å². The maximum absolute atomic E-state index is 12.5. The van der Waals surface area contributed by atoms with Crippen LogP contribution in [-0.4, -0.2) is 42.1 Å². The molecule has 0 unspecified atom stereocenters. The molecule has 26 heavy (non-hydrogen) atoms. The van der Waals surface area contributed by atoms with Crippen LogP contribution in [0.1, 0.15) is 49.5 Å². The molecule has 0 saturated carbocycles. The maximum Gasteiger partial charge on any atom is 0.253 e. The Balaban J connectivity index is 1.53. The van der Waals surface area contributed by atoms with E-state index in [0.717, 1.165) is 24.7 Å². The quantitative estimate of drug-likeness (QED) is 0.862. The average Bonchev–Trinajstić information content (AvgIpc) is 2.68. The van der Waals surface area contributed by atoms with Gasteiger partial charge in [-0.25, -0.2) is 0 Å². The number of nitrogens with one attached hydrogen (secondary N) is 1. The number of hydrogen-bond acceptors (Lipinski definition) is 3. The van der Waals surface area contributed by atoms with Crippen LogP contribution < -0.4 is 5.32 Å². The molecule has 2 aromatic carbocycles. The van der Waals surface area contributed by atoms with E-state index in [4.69, 9.17) is 0 Å². The molecule has 0 spiro atoms. The van der Waals surface area contributed by atoms with Gasteiger partial charge in [-0.1, -0.05) is 29.8 Å². The second kappa shape index (κ2) is 7.95. The second-order valence-electron chi connectivity index (χ2n) is 6.65. The van der Waals surface area contributed by atoms with E-state index < -0.39 is 0 Å². The lowest BCUT2D eigenvalue weighted by Gasteiger charge is -2.32. The Morgan fingerprint density at radius 2 is 1.54 bits per heavy atom. The maximum atomic E-state index is 12.5. The van der Waals surface area contributed by atoms with Crippen molar-refractivity contribution in [2.24, 2.45) is 0 Å². The molecule has 5 nitrogen and oxygen atoms in total. The lowest BCUT2D eigenvalue weighted by molar-refractivity contribution is 0.0698. The first-order valence-corrected chi connectivity index (χ1v) is 8.79. The number of rotatable bonds is 4. The first-order chi connectivity index (χ1) is 12.6. The largest absolute Gasteiger partial charge is 0.349 e. The monoisotopic (exact) mass is 350 g/mol. The fourth-order valence-electron chi connectivity index (χ4n) is 3.09. The zero-order valence-electron chi connectivity index (χ0n) is 14.8. The third-order valence-electron chi connectivity index (χ3n) is 4.72. The van der Waals surface area contributed by atoms with Crippen LogP contribution in [0.15, 0.2) is 48.5 Å². The number of amides is 2. The average molecular weight is 350 g/mol. The predicted octanol–water partition coefficient (Wildman–Crippen LogP) is 2.84. The number of piperidine rings is 1. The molecule has 3 rings (SSSR count). The highest BCUT2D eigenvalue weighted by Crippen LogP contribution is 2.15. The summed E-state index contributed by atoms with van der Waals surface area (Å²) in [7, 11) is 0. The fraction of sp³-hybridized carbons (Fsp3) is 0.286. The minimum atomic E-state index is -0.147. The van der Waals surface area contributed by atoms with Gasteiger partial charge in [0, 0.05) is 35.8 Å². The number of nitrogens with zero attached hydrogens (tertiary/aromatic N) is 1. The van der Waals surface area contributed by atoms with Gasteiger partial charge in [-0.3, -0.25) is 14.4 Å². The van der Waals surface area contributed by atoms with Crippen molar-refractivity contribution in [3.05, 3.63) is 70.8 Å². The van der Waals surface area contributed by atoms with E-state index in [2.05, 4.69) is 5.32 Å². The number of carbonyl (C=O) groups excluding carboxylic acids is 3. The molecule has 2 amide bonds. The van der Waals surface area contributed by atoms with Crippen molar-refractivity contribution in [3.8, 4) is 0 Å². The topological polar surface area (TPSA) is 66.5 Å². The van der Waals surface area contributed by atoms with Gasteiger partial charge in [0.25, 0.3) is 11.8 Å². The summed E-state index contributed by atoms with van der Waals surface area (Å²) in [6.45, 7) is 3.25. The highest BCUT2D eigenvalue weighted by atomic mass is 16.2. The van der Waals surface area contributed by atoms with E-state index in [1.165, 1.54) is 0 Å². The van der Waals surface area contributed by atoms with Crippen LogP contribution in [0.3, 0.4) is 0 Å². The Morgan fingerprint density at radius 1 is 0.962 bits per heavy atom. The van der Waals surface area contributed by atoms with Crippen LogP contribution in [0.25, 0.3) is 0 Å². The molecular formula is C21H22N2O3. The molecule has 134 valence electrons. The highest BCUT2D eigenvalue weighted by molar-refractivity contribution is 5.95. The van der Waals surface area contributed by atoms with Gasteiger partial charge in [0.05, 0.1) is 0 Å². The normalized spacial score (nSPS) is 14.7. The van der Waals surface area contributed by atoms with Crippen molar-refractivity contribution in [2.75, 3.05) is 13.1 Å². The van der Waals surface area contributed by atoms with E-state index in [9.17, 15) is 14.4 Å².